The van der Waals surface area contributed by atoms with Crippen molar-refractivity contribution in [3.8, 4) is 0 Å². The van der Waals surface area contributed by atoms with E-state index in [0.717, 1.165) is 11.3 Å². The third-order valence-electron chi connectivity index (χ3n) is 2.86. The Morgan fingerprint density at radius 1 is 1.26 bits per heavy atom. The molecule has 0 N–H and O–H groups in total. The Morgan fingerprint density at radius 2 is 2.16 bits per heavy atom. The molecule has 4 nitrogen and oxygen atoms in total. The highest BCUT2D eigenvalue weighted by molar-refractivity contribution is 9.08. The molecule has 0 aliphatic rings. The van der Waals surface area contributed by atoms with Gasteiger partial charge in [-0.1, -0.05) is 27.2 Å². The predicted octanol–water partition coefficient (Wildman–Crippen LogP) is 2.91. The molecule has 96 valence electrons. The molecule has 2 heterocycles. The molecule has 0 amide bonds. The summed E-state index contributed by atoms with van der Waals surface area (Å²) in [6.45, 7) is 0.522. The maximum Gasteiger partial charge on any atom is 0.132 e. The topological polar surface area (TPSA) is 43.6 Å². The van der Waals surface area contributed by atoms with E-state index in [0.29, 0.717) is 22.8 Å². The summed E-state index contributed by atoms with van der Waals surface area (Å²) in [5, 5.41) is 9.22. The van der Waals surface area contributed by atoms with Crippen LogP contribution in [0.25, 0.3) is 10.9 Å². The number of benzene rings is 1. The number of nitrogens with zero attached hydrogens (tertiary/aromatic N) is 4. The highest BCUT2D eigenvalue weighted by atomic mass is 79.9. The molecule has 0 radical (unpaired) electrons. The van der Waals surface area contributed by atoms with E-state index in [2.05, 4.69) is 31.2 Å². The number of halogens is 2. The molecule has 2 aromatic heterocycles. The molecular formula is C13H10BrFN4. The number of alkyl halides is 1. The standard InChI is InChI=1S/C13H10BrFN4/c14-6-10-8-19(18-17-10)7-9-3-4-12(15)11-2-1-5-16-13(9)11/h1-5,8H,6-7H2. The van der Waals surface area contributed by atoms with E-state index in [1.165, 1.54) is 6.07 Å². The van der Waals surface area contributed by atoms with Crippen LogP contribution in [0.2, 0.25) is 0 Å². The molecule has 3 rings (SSSR count). The number of fused-ring (bicyclic) bond motifs is 1. The summed E-state index contributed by atoms with van der Waals surface area (Å²) in [6, 6.07) is 6.65. The summed E-state index contributed by atoms with van der Waals surface area (Å²) in [6.07, 6.45) is 3.52. The molecule has 0 aliphatic carbocycles. The van der Waals surface area contributed by atoms with Gasteiger partial charge in [0.05, 0.1) is 17.8 Å². The SMILES string of the molecule is Fc1ccc(Cn2cc(CBr)nn2)c2ncccc12. The zero-order valence-corrected chi connectivity index (χ0v) is 11.5. The second kappa shape index (κ2) is 5.05. The predicted molar refractivity (Wildman–Crippen MR) is 73.5 cm³/mol. The van der Waals surface area contributed by atoms with Gasteiger partial charge in [0.1, 0.15) is 5.82 Å². The van der Waals surface area contributed by atoms with E-state index in [4.69, 9.17) is 0 Å². The first-order chi connectivity index (χ1) is 9.28. The fourth-order valence-corrected chi connectivity index (χ4v) is 2.23. The van der Waals surface area contributed by atoms with Crippen molar-refractivity contribution in [2.24, 2.45) is 0 Å². The minimum absolute atomic E-state index is 0.258. The zero-order chi connectivity index (χ0) is 13.2. The van der Waals surface area contributed by atoms with Crippen molar-refractivity contribution in [2.45, 2.75) is 11.9 Å². The van der Waals surface area contributed by atoms with Gasteiger partial charge in [0.15, 0.2) is 0 Å². The van der Waals surface area contributed by atoms with E-state index >= 15 is 0 Å². The molecule has 0 unspecified atom stereocenters. The molecule has 0 saturated carbocycles. The summed E-state index contributed by atoms with van der Waals surface area (Å²) in [7, 11) is 0. The number of aromatic nitrogens is 4. The van der Waals surface area contributed by atoms with E-state index in [1.807, 2.05) is 6.20 Å². The molecular weight excluding hydrogens is 311 g/mol. The van der Waals surface area contributed by atoms with Crippen molar-refractivity contribution in [3.05, 3.63) is 53.7 Å². The lowest BCUT2D eigenvalue weighted by Crippen LogP contribution is -2.02. The fourth-order valence-electron chi connectivity index (χ4n) is 1.98. The van der Waals surface area contributed by atoms with Gasteiger partial charge in [-0.05, 0) is 18.2 Å². The number of pyridine rings is 1. The first-order valence-electron chi connectivity index (χ1n) is 5.75. The van der Waals surface area contributed by atoms with Crippen molar-refractivity contribution in [2.75, 3.05) is 0 Å². The van der Waals surface area contributed by atoms with Gasteiger partial charge in [-0.15, -0.1) is 5.10 Å². The molecule has 6 heteroatoms. The van der Waals surface area contributed by atoms with Crippen LogP contribution in [0.4, 0.5) is 4.39 Å². The van der Waals surface area contributed by atoms with Gasteiger partial charge in [0.25, 0.3) is 0 Å². The number of hydrogen-bond acceptors (Lipinski definition) is 3. The summed E-state index contributed by atoms with van der Waals surface area (Å²) in [5.41, 5.74) is 2.45. The average Bonchev–Trinajstić information content (AvgIpc) is 2.90. The largest absolute Gasteiger partial charge is 0.256 e. The van der Waals surface area contributed by atoms with Gasteiger partial charge in [-0.25, -0.2) is 9.07 Å². The molecule has 0 bridgehead atoms. The third-order valence-corrected chi connectivity index (χ3v) is 3.43. The van der Waals surface area contributed by atoms with Crippen molar-refractivity contribution >= 4 is 26.8 Å². The lowest BCUT2D eigenvalue weighted by Gasteiger charge is -2.06. The summed E-state index contributed by atoms with van der Waals surface area (Å²) < 4.78 is 15.4. The summed E-state index contributed by atoms with van der Waals surface area (Å²) in [5.74, 6) is -0.258. The fraction of sp³-hybridized carbons (Fsp3) is 0.154. The molecule has 0 spiro atoms. The van der Waals surface area contributed by atoms with Crippen molar-refractivity contribution in [1.82, 2.24) is 20.0 Å². The van der Waals surface area contributed by atoms with Gasteiger partial charge < -0.3 is 0 Å². The normalized spacial score (nSPS) is 11.1. The quantitative estimate of drug-likeness (QED) is 0.697. The molecule has 0 atom stereocenters. The first-order valence-corrected chi connectivity index (χ1v) is 6.87. The first kappa shape index (κ1) is 12.2. The van der Waals surface area contributed by atoms with Crippen LogP contribution in [0.3, 0.4) is 0 Å². The van der Waals surface area contributed by atoms with Crippen LogP contribution in [0, 0.1) is 5.82 Å². The van der Waals surface area contributed by atoms with Crippen LogP contribution < -0.4 is 0 Å². The van der Waals surface area contributed by atoms with Gasteiger partial charge in [-0.3, -0.25) is 4.98 Å². The van der Waals surface area contributed by atoms with Gasteiger partial charge in [0.2, 0.25) is 0 Å². The van der Waals surface area contributed by atoms with Gasteiger partial charge >= 0.3 is 0 Å². The Kier molecular flexibility index (Phi) is 3.25. The minimum atomic E-state index is -0.258. The maximum absolute atomic E-state index is 13.7. The summed E-state index contributed by atoms with van der Waals surface area (Å²) >= 11 is 3.33. The van der Waals surface area contributed by atoms with E-state index in [9.17, 15) is 4.39 Å². The minimum Gasteiger partial charge on any atom is -0.256 e. The van der Waals surface area contributed by atoms with Crippen molar-refractivity contribution < 1.29 is 4.39 Å². The van der Waals surface area contributed by atoms with Crippen molar-refractivity contribution in [3.63, 3.8) is 0 Å². The Hall–Kier alpha value is -1.82. The Balaban J connectivity index is 2.03. The van der Waals surface area contributed by atoms with E-state index < -0.39 is 0 Å². The number of hydrogen-bond donors (Lipinski definition) is 0. The van der Waals surface area contributed by atoms with E-state index in [1.54, 1.807) is 29.1 Å². The Morgan fingerprint density at radius 3 is 2.95 bits per heavy atom. The molecule has 19 heavy (non-hydrogen) atoms. The average molecular weight is 321 g/mol. The Labute approximate surface area is 117 Å². The lowest BCUT2D eigenvalue weighted by atomic mass is 10.1. The second-order valence-corrected chi connectivity index (χ2v) is 4.71. The number of rotatable bonds is 3. The van der Waals surface area contributed by atoms with Crippen LogP contribution in [-0.2, 0) is 11.9 Å². The van der Waals surface area contributed by atoms with Crippen LogP contribution >= 0.6 is 15.9 Å². The van der Waals surface area contributed by atoms with Crippen LogP contribution in [0.15, 0.2) is 36.7 Å². The smallest absolute Gasteiger partial charge is 0.132 e. The van der Waals surface area contributed by atoms with Crippen LogP contribution in [-0.4, -0.2) is 20.0 Å². The van der Waals surface area contributed by atoms with Gasteiger partial charge in [0, 0.05) is 28.7 Å². The van der Waals surface area contributed by atoms with Gasteiger partial charge in [-0.2, -0.15) is 0 Å². The van der Waals surface area contributed by atoms with Crippen LogP contribution in [0.5, 0.6) is 0 Å². The van der Waals surface area contributed by atoms with Crippen LogP contribution in [0.1, 0.15) is 11.3 Å². The zero-order valence-electron chi connectivity index (χ0n) is 9.92. The lowest BCUT2D eigenvalue weighted by molar-refractivity contribution is 0.633. The summed E-state index contributed by atoms with van der Waals surface area (Å²) in [4.78, 5) is 4.25. The molecule has 3 aromatic rings. The maximum atomic E-state index is 13.7. The molecule has 1 aromatic carbocycles. The van der Waals surface area contributed by atoms with Crippen molar-refractivity contribution in [1.29, 1.82) is 0 Å². The van der Waals surface area contributed by atoms with E-state index in [-0.39, 0.29) is 5.82 Å². The highest BCUT2D eigenvalue weighted by Crippen LogP contribution is 2.20. The molecule has 0 saturated heterocycles. The third kappa shape index (κ3) is 2.35. The molecule has 0 aliphatic heterocycles. The second-order valence-electron chi connectivity index (χ2n) is 4.15. The molecule has 0 fully saturated rings. The monoisotopic (exact) mass is 320 g/mol. The Bertz CT molecular complexity index is 725. The highest BCUT2D eigenvalue weighted by Gasteiger charge is 2.08.